The molecule has 2 N–H and O–H groups in total. The molecule has 2 heterocycles. The molecule has 208 valence electrons. The molecule has 2 aliphatic heterocycles. The molecule has 2 atom stereocenters. The van der Waals surface area contributed by atoms with Gasteiger partial charge in [-0.15, -0.1) is 0 Å². The Kier molecular flexibility index (Phi) is 10.4. The van der Waals surface area contributed by atoms with Crippen molar-refractivity contribution in [3.8, 4) is 11.5 Å². The molecule has 0 aliphatic carbocycles. The molecule has 2 aromatic rings. The topological polar surface area (TPSA) is 97.3 Å². The van der Waals surface area contributed by atoms with Gasteiger partial charge >= 0.3 is 12.1 Å². The number of benzene rings is 2. The molecule has 38 heavy (non-hydrogen) atoms. The van der Waals surface area contributed by atoms with Crippen molar-refractivity contribution in [3.63, 3.8) is 0 Å². The van der Waals surface area contributed by atoms with Crippen LogP contribution >= 0.6 is 0 Å². The molecule has 11 heteroatoms. The van der Waals surface area contributed by atoms with Crippen LogP contribution in [0.4, 0.5) is 13.2 Å². The number of alkyl halides is 3. The minimum Gasteiger partial charge on any atom is -0.491 e. The van der Waals surface area contributed by atoms with Crippen molar-refractivity contribution in [2.45, 2.75) is 57.7 Å². The summed E-state index contributed by atoms with van der Waals surface area (Å²) in [7, 11) is 0. The van der Waals surface area contributed by atoms with Crippen molar-refractivity contribution in [1.29, 1.82) is 0 Å². The Hall–Kier alpha value is -3.31. The molecule has 1 saturated heterocycles. The van der Waals surface area contributed by atoms with E-state index >= 15 is 0 Å². The quantitative estimate of drug-likeness (QED) is 0.600. The maximum absolute atomic E-state index is 12.6. The second-order valence-electron chi connectivity index (χ2n) is 9.33. The number of carboxylic acid groups (broad SMARTS) is 1. The summed E-state index contributed by atoms with van der Waals surface area (Å²) in [5.41, 5.74) is 1.81. The number of para-hydroxylation sites is 1. The van der Waals surface area contributed by atoms with Gasteiger partial charge in [0.05, 0.1) is 11.7 Å². The van der Waals surface area contributed by atoms with Crippen LogP contribution in [-0.2, 0) is 16.1 Å². The van der Waals surface area contributed by atoms with Crippen molar-refractivity contribution in [2.24, 2.45) is 0 Å². The van der Waals surface area contributed by atoms with Crippen LogP contribution in [0, 0.1) is 0 Å². The molecule has 2 aromatic carbocycles. The number of aliphatic carboxylic acids is 1. The van der Waals surface area contributed by atoms with Crippen LogP contribution in [-0.4, -0.2) is 72.6 Å². The van der Waals surface area contributed by atoms with Gasteiger partial charge in [0.2, 0.25) is 0 Å². The third-order valence-electron chi connectivity index (χ3n) is 5.83. The van der Waals surface area contributed by atoms with E-state index in [0.717, 1.165) is 38.2 Å². The van der Waals surface area contributed by atoms with Crippen molar-refractivity contribution in [3.05, 3.63) is 59.7 Å². The number of nitrogens with one attached hydrogen (secondary N) is 1. The summed E-state index contributed by atoms with van der Waals surface area (Å²) in [6.07, 6.45) is -3.22. The highest BCUT2D eigenvalue weighted by molar-refractivity contribution is 5.96. The van der Waals surface area contributed by atoms with E-state index in [1.54, 1.807) is 0 Å². The van der Waals surface area contributed by atoms with Gasteiger partial charge in [0, 0.05) is 32.8 Å². The highest BCUT2D eigenvalue weighted by Gasteiger charge is 2.38. The van der Waals surface area contributed by atoms with Gasteiger partial charge in [0.15, 0.2) is 0 Å². The van der Waals surface area contributed by atoms with Crippen LogP contribution < -0.4 is 14.8 Å². The van der Waals surface area contributed by atoms with E-state index in [-0.39, 0.29) is 24.2 Å². The summed E-state index contributed by atoms with van der Waals surface area (Å²) in [6.45, 7) is 7.77. The number of likely N-dealkylation sites (tertiary alicyclic amines) is 1. The number of amides is 1. The molecular weight excluding hydrogens is 505 g/mol. The number of carbonyl (C=O) groups excluding carboxylic acids is 1. The highest BCUT2D eigenvalue weighted by Crippen LogP contribution is 2.26. The molecule has 0 unspecified atom stereocenters. The third kappa shape index (κ3) is 8.91. The molecule has 0 radical (unpaired) electrons. The number of ether oxygens (including phenoxy) is 3. The first-order chi connectivity index (χ1) is 18.0. The largest absolute Gasteiger partial charge is 0.491 e. The van der Waals surface area contributed by atoms with Gasteiger partial charge < -0.3 is 24.6 Å². The standard InChI is InChI=1S/C25H32N2O4.C2HF3O2/c1-18(2)30-20-11-9-19(10-12-20)15-27-16-23-24(17-27)31-22-8-4-3-7-21(22)25(28)26-13-5-6-14-29-23;3-2(4,5)1(6)7/h3-4,7-12,18,23-24H,5-6,13-17H2,1-2H3,(H,26,28);(H,6,7)/t23-,24+;/m0./s1. The summed E-state index contributed by atoms with van der Waals surface area (Å²) in [4.78, 5) is 23.8. The number of fused-ring (bicyclic) bond motifs is 2. The number of nitrogens with zero attached hydrogens (tertiary/aromatic N) is 1. The van der Waals surface area contributed by atoms with Crippen LogP contribution in [0.5, 0.6) is 11.5 Å². The van der Waals surface area contributed by atoms with E-state index in [2.05, 4.69) is 22.3 Å². The van der Waals surface area contributed by atoms with Crippen LogP contribution in [0.2, 0.25) is 0 Å². The van der Waals surface area contributed by atoms with Gasteiger partial charge in [-0.1, -0.05) is 24.3 Å². The summed E-state index contributed by atoms with van der Waals surface area (Å²) >= 11 is 0. The Bertz CT molecular complexity index is 1060. The summed E-state index contributed by atoms with van der Waals surface area (Å²) in [6, 6.07) is 15.7. The number of carbonyl (C=O) groups is 2. The average molecular weight is 539 g/mol. The zero-order valence-electron chi connectivity index (χ0n) is 21.4. The molecule has 2 aliphatic rings. The van der Waals surface area contributed by atoms with Gasteiger partial charge in [0.25, 0.3) is 5.91 Å². The van der Waals surface area contributed by atoms with E-state index < -0.39 is 12.1 Å². The molecule has 0 bridgehead atoms. The molecule has 4 rings (SSSR count). The molecule has 1 fully saturated rings. The molecule has 0 aromatic heterocycles. The average Bonchev–Trinajstić information content (AvgIpc) is 3.22. The predicted molar refractivity (Wildman–Crippen MR) is 133 cm³/mol. The molecule has 8 nitrogen and oxygen atoms in total. The second kappa shape index (κ2) is 13.5. The maximum atomic E-state index is 12.6. The van der Waals surface area contributed by atoms with E-state index in [0.29, 0.717) is 24.5 Å². The Morgan fingerprint density at radius 3 is 2.42 bits per heavy atom. The highest BCUT2D eigenvalue weighted by atomic mass is 19.4. The minimum absolute atomic E-state index is 0.0147. The number of carboxylic acids is 1. The maximum Gasteiger partial charge on any atom is 0.490 e. The third-order valence-corrected chi connectivity index (χ3v) is 5.83. The fourth-order valence-corrected chi connectivity index (χ4v) is 4.10. The van der Waals surface area contributed by atoms with Crippen LogP contribution in [0.3, 0.4) is 0 Å². The van der Waals surface area contributed by atoms with Gasteiger partial charge in [-0.3, -0.25) is 9.69 Å². The van der Waals surface area contributed by atoms with Crippen LogP contribution in [0.1, 0.15) is 42.6 Å². The normalized spacial score (nSPS) is 20.4. The molecular formula is C27H33F3N2O6. The predicted octanol–water partition coefficient (Wildman–Crippen LogP) is 4.28. The van der Waals surface area contributed by atoms with Crippen molar-refractivity contribution in [2.75, 3.05) is 26.2 Å². The number of hydrogen-bond donors (Lipinski definition) is 2. The van der Waals surface area contributed by atoms with Crippen LogP contribution in [0.25, 0.3) is 0 Å². The lowest BCUT2D eigenvalue weighted by atomic mass is 10.1. The van der Waals surface area contributed by atoms with Crippen LogP contribution in [0.15, 0.2) is 48.5 Å². The number of hydrogen-bond acceptors (Lipinski definition) is 6. The summed E-state index contributed by atoms with van der Waals surface area (Å²) in [5, 5.41) is 10.1. The van der Waals surface area contributed by atoms with E-state index in [1.165, 1.54) is 5.56 Å². The van der Waals surface area contributed by atoms with Gasteiger partial charge in [-0.2, -0.15) is 13.2 Å². The zero-order valence-corrected chi connectivity index (χ0v) is 21.4. The lowest BCUT2D eigenvalue weighted by Crippen LogP contribution is -2.34. The fraction of sp³-hybridized carbons (Fsp3) is 0.481. The molecule has 0 saturated carbocycles. The number of halogens is 3. The van der Waals surface area contributed by atoms with Gasteiger partial charge in [-0.05, 0) is 56.5 Å². The Morgan fingerprint density at radius 2 is 1.76 bits per heavy atom. The monoisotopic (exact) mass is 538 g/mol. The SMILES string of the molecule is CC(C)Oc1ccc(CN2C[C@@H]3OCCCCNC(=O)c4ccccc4O[C@@H]3C2)cc1.O=C(O)C(F)(F)F. The second-order valence-corrected chi connectivity index (χ2v) is 9.33. The lowest BCUT2D eigenvalue weighted by Gasteiger charge is -2.23. The molecule has 1 amide bonds. The Labute approximate surface area is 219 Å². The zero-order chi connectivity index (χ0) is 27.7. The van der Waals surface area contributed by atoms with E-state index in [1.807, 2.05) is 50.2 Å². The summed E-state index contributed by atoms with van der Waals surface area (Å²) in [5.74, 6) is -1.32. The first kappa shape index (κ1) is 29.2. The van der Waals surface area contributed by atoms with Gasteiger partial charge in [-0.25, -0.2) is 4.79 Å². The smallest absolute Gasteiger partial charge is 0.490 e. The minimum atomic E-state index is -5.08. The summed E-state index contributed by atoms with van der Waals surface area (Å²) < 4.78 is 50.0. The first-order valence-electron chi connectivity index (χ1n) is 12.5. The lowest BCUT2D eigenvalue weighted by molar-refractivity contribution is -0.192. The van der Waals surface area contributed by atoms with Crippen molar-refractivity contribution < 1.29 is 42.1 Å². The van der Waals surface area contributed by atoms with Crippen molar-refractivity contribution in [1.82, 2.24) is 10.2 Å². The number of rotatable bonds is 4. The Morgan fingerprint density at radius 1 is 1.11 bits per heavy atom. The first-order valence-corrected chi connectivity index (χ1v) is 12.5. The van der Waals surface area contributed by atoms with E-state index in [9.17, 15) is 18.0 Å². The van der Waals surface area contributed by atoms with Crippen molar-refractivity contribution >= 4 is 11.9 Å². The van der Waals surface area contributed by atoms with Gasteiger partial charge in [0.1, 0.15) is 23.7 Å². The Balaban J connectivity index is 0.000000505. The fourth-order valence-electron chi connectivity index (χ4n) is 4.10. The van der Waals surface area contributed by atoms with E-state index in [4.69, 9.17) is 24.1 Å². The molecule has 0 spiro atoms.